The minimum Gasteiger partial charge on any atom is -0.493 e. The SMILES string of the molecule is COCCc1noc(Cn2c3c(c4ccc(OC)c(OC)c4c2=O)C(=O)c2ccccc2-3)n1. The number of hydrogen-bond acceptors (Lipinski definition) is 8. The number of carbonyl (C=O) groups excluding carboxylic acids is 1. The maximum atomic E-state index is 13.8. The highest BCUT2D eigenvalue weighted by Crippen LogP contribution is 2.43. The van der Waals surface area contributed by atoms with Crippen molar-refractivity contribution in [2.75, 3.05) is 27.9 Å². The predicted octanol–water partition coefficient (Wildman–Crippen LogP) is 2.85. The van der Waals surface area contributed by atoms with Crippen molar-refractivity contribution in [1.82, 2.24) is 14.7 Å². The Kier molecular flexibility index (Phi) is 5.18. The van der Waals surface area contributed by atoms with Gasteiger partial charge in [-0.15, -0.1) is 0 Å². The van der Waals surface area contributed by atoms with Gasteiger partial charge in [-0.1, -0.05) is 29.4 Å². The molecule has 0 unspecified atom stereocenters. The number of ketones is 1. The lowest BCUT2D eigenvalue weighted by atomic mass is 10.0. The Morgan fingerprint density at radius 1 is 1.00 bits per heavy atom. The van der Waals surface area contributed by atoms with E-state index in [1.807, 2.05) is 12.1 Å². The molecule has 0 saturated heterocycles. The molecule has 0 bridgehead atoms. The van der Waals surface area contributed by atoms with Crippen LogP contribution in [0.15, 0.2) is 45.7 Å². The predicted molar refractivity (Wildman–Crippen MR) is 119 cm³/mol. The first-order chi connectivity index (χ1) is 16.1. The summed E-state index contributed by atoms with van der Waals surface area (Å²) in [7, 11) is 4.55. The summed E-state index contributed by atoms with van der Waals surface area (Å²) < 4.78 is 22.9. The van der Waals surface area contributed by atoms with Gasteiger partial charge in [-0.25, -0.2) is 0 Å². The van der Waals surface area contributed by atoms with E-state index in [4.69, 9.17) is 18.7 Å². The van der Waals surface area contributed by atoms with E-state index in [1.165, 1.54) is 18.8 Å². The Morgan fingerprint density at radius 3 is 2.52 bits per heavy atom. The zero-order valence-corrected chi connectivity index (χ0v) is 18.4. The molecule has 33 heavy (non-hydrogen) atoms. The maximum absolute atomic E-state index is 13.8. The smallest absolute Gasteiger partial charge is 0.263 e. The molecule has 1 aliphatic rings. The van der Waals surface area contributed by atoms with Gasteiger partial charge < -0.3 is 18.7 Å². The van der Waals surface area contributed by atoms with Crippen molar-refractivity contribution in [2.45, 2.75) is 13.0 Å². The third-order valence-corrected chi connectivity index (χ3v) is 5.77. The topological polar surface area (TPSA) is 106 Å². The molecule has 0 radical (unpaired) electrons. The van der Waals surface area contributed by atoms with Crippen molar-refractivity contribution in [1.29, 1.82) is 0 Å². The minimum atomic E-state index is -0.347. The van der Waals surface area contributed by atoms with Gasteiger partial charge in [-0.3, -0.25) is 14.2 Å². The lowest BCUT2D eigenvalue weighted by Crippen LogP contribution is -2.24. The van der Waals surface area contributed by atoms with E-state index in [1.54, 1.807) is 31.4 Å². The average molecular weight is 447 g/mol. The molecule has 9 heteroatoms. The van der Waals surface area contributed by atoms with Crippen LogP contribution >= 0.6 is 0 Å². The summed E-state index contributed by atoms with van der Waals surface area (Å²) in [4.78, 5) is 31.7. The molecule has 0 fully saturated rings. The quantitative estimate of drug-likeness (QED) is 0.375. The van der Waals surface area contributed by atoms with E-state index in [2.05, 4.69) is 10.1 Å². The summed E-state index contributed by atoms with van der Waals surface area (Å²) in [6.45, 7) is 0.447. The minimum absolute atomic E-state index is 0.000925. The first kappa shape index (κ1) is 20.9. The van der Waals surface area contributed by atoms with Crippen molar-refractivity contribution in [3.8, 4) is 22.8 Å². The van der Waals surface area contributed by atoms with Gasteiger partial charge in [0.1, 0.15) is 6.54 Å². The lowest BCUT2D eigenvalue weighted by molar-refractivity contribution is 0.104. The van der Waals surface area contributed by atoms with Crippen LogP contribution in [0.1, 0.15) is 27.6 Å². The van der Waals surface area contributed by atoms with Gasteiger partial charge in [-0.2, -0.15) is 4.98 Å². The Balaban J connectivity index is 1.80. The fourth-order valence-electron chi connectivity index (χ4n) is 4.31. The second-order valence-electron chi connectivity index (χ2n) is 7.56. The maximum Gasteiger partial charge on any atom is 0.263 e. The van der Waals surface area contributed by atoms with Crippen molar-refractivity contribution in [3.05, 3.63) is 69.6 Å². The van der Waals surface area contributed by atoms with E-state index in [0.29, 0.717) is 52.4 Å². The fourth-order valence-corrected chi connectivity index (χ4v) is 4.31. The molecule has 0 N–H and O–H groups in total. The zero-order valence-electron chi connectivity index (χ0n) is 18.4. The number of nitrogens with zero attached hydrogens (tertiary/aromatic N) is 3. The molecule has 4 aromatic rings. The van der Waals surface area contributed by atoms with Gasteiger partial charge in [0, 0.05) is 30.0 Å². The van der Waals surface area contributed by atoms with Crippen LogP contribution in [0.2, 0.25) is 0 Å². The van der Waals surface area contributed by atoms with E-state index in [9.17, 15) is 9.59 Å². The Morgan fingerprint density at radius 2 is 1.79 bits per heavy atom. The average Bonchev–Trinajstić information content (AvgIpc) is 3.41. The number of carbonyl (C=O) groups is 1. The lowest BCUT2D eigenvalue weighted by Gasteiger charge is -2.16. The standard InChI is InChI=1S/C24H21N3O6/c1-30-11-10-17-25-18(33-26-17)12-27-21-13-6-4-5-7-14(13)22(28)19(21)15-8-9-16(31-2)23(32-3)20(15)24(27)29/h4-9H,10-12H2,1-3H3. The molecule has 0 saturated carbocycles. The summed E-state index contributed by atoms with van der Waals surface area (Å²) in [5, 5.41) is 4.73. The van der Waals surface area contributed by atoms with Crippen LogP contribution in [0, 0.1) is 0 Å². The van der Waals surface area contributed by atoms with Crippen LogP contribution in [0.3, 0.4) is 0 Å². The Bertz CT molecular complexity index is 1450. The summed E-state index contributed by atoms with van der Waals surface area (Å²) in [6, 6.07) is 10.7. The highest BCUT2D eigenvalue weighted by Gasteiger charge is 2.34. The molecule has 5 rings (SSSR count). The molecule has 2 heterocycles. The highest BCUT2D eigenvalue weighted by atomic mass is 16.5. The van der Waals surface area contributed by atoms with Crippen LogP contribution in [0.25, 0.3) is 22.0 Å². The zero-order chi connectivity index (χ0) is 23.1. The van der Waals surface area contributed by atoms with E-state index >= 15 is 0 Å². The molecule has 1 aliphatic carbocycles. The van der Waals surface area contributed by atoms with Crippen molar-refractivity contribution < 1.29 is 23.5 Å². The molecule has 0 spiro atoms. The number of hydrogen-bond donors (Lipinski definition) is 0. The largest absolute Gasteiger partial charge is 0.493 e. The molecule has 0 atom stereocenters. The van der Waals surface area contributed by atoms with Crippen LogP contribution in [-0.2, 0) is 17.7 Å². The fraction of sp³-hybridized carbons (Fsp3) is 0.250. The van der Waals surface area contributed by atoms with Gasteiger partial charge in [0.2, 0.25) is 5.89 Å². The summed E-state index contributed by atoms with van der Waals surface area (Å²) in [5.41, 5.74) is 1.84. The van der Waals surface area contributed by atoms with Crippen molar-refractivity contribution in [2.24, 2.45) is 0 Å². The number of rotatable bonds is 7. The molecule has 168 valence electrons. The van der Waals surface area contributed by atoms with Crippen LogP contribution in [0.5, 0.6) is 11.5 Å². The summed E-state index contributed by atoms with van der Waals surface area (Å²) >= 11 is 0. The number of aromatic nitrogens is 3. The third kappa shape index (κ3) is 3.20. The second-order valence-corrected chi connectivity index (χ2v) is 7.56. The van der Waals surface area contributed by atoms with Gasteiger partial charge in [0.25, 0.3) is 5.56 Å². The van der Waals surface area contributed by atoms with Crippen molar-refractivity contribution in [3.63, 3.8) is 0 Å². The van der Waals surface area contributed by atoms with Gasteiger partial charge >= 0.3 is 0 Å². The number of pyridine rings is 1. The first-order valence-electron chi connectivity index (χ1n) is 10.3. The number of benzene rings is 2. The third-order valence-electron chi connectivity index (χ3n) is 5.77. The van der Waals surface area contributed by atoms with Gasteiger partial charge in [0.15, 0.2) is 23.1 Å². The molecule has 2 aromatic carbocycles. The van der Waals surface area contributed by atoms with Gasteiger partial charge in [0.05, 0.1) is 37.5 Å². The van der Waals surface area contributed by atoms with Gasteiger partial charge in [-0.05, 0) is 12.1 Å². The number of fused-ring (bicyclic) bond motifs is 5. The van der Waals surface area contributed by atoms with Crippen molar-refractivity contribution >= 4 is 16.6 Å². The molecule has 2 aromatic heterocycles. The Labute approximate surface area is 188 Å². The summed E-state index contributed by atoms with van der Waals surface area (Å²) in [6.07, 6.45) is 0.483. The molecule has 0 amide bonds. The second kappa shape index (κ2) is 8.18. The normalized spacial score (nSPS) is 12.2. The van der Waals surface area contributed by atoms with Crippen LogP contribution in [-0.4, -0.2) is 48.4 Å². The molecule has 0 aliphatic heterocycles. The highest BCUT2D eigenvalue weighted by molar-refractivity contribution is 6.27. The first-order valence-corrected chi connectivity index (χ1v) is 10.3. The molecular weight excluding hydrogens is 426 g/mol. The van der Waals surface area contributed by atoms with E-state index < -0.39 is 0 Å². The summed E-state index contributed by atoms with van der Waals surface area (Å²) in [5.74, 6) is 1.25. The van der Waals surface area contributed by atoms with E-state index in [-0.39, 0.29) is 34.9 Å². The van der Waals surface area contributed by atoms with Crippen LogP contribution in [0.4, 0.5) is 0 Å². The molecule has 9 nitrogen and oxygen atoms in total. The molecular formula is C24H21N3O6. The number of methoxy groups -OCH3 is 3. The monoisotopic (exact) mass is 447 g/mol. The number of ether oxygens (including phenoxy) is 3. The van der Waals surface area contributed by atoms with Crippen LogP contribution < -0.4 is 15.0 Å². The Hall–Kier alpha value is -3.98. The van der Waals surface area contributed by atoms with E-state index in [0.717, 1.165) is 0 Å².